The highest BCUT2D eigenvalue weighted by Gasteiger charge is 2.13. The summed E-state index contributed by atoms with van der Waals surface area (Å²) in [5, 5.41) is 2.53. The third-order valence-corrected chi connectivity index (χ3v) is 4.71. The molecule has 0 amide bonds. The van der Waals surface area contributed by atoms with Crippen LogP contribution in [-0.2, 0) is 19.3 Å². The van der Waals surface area contributed by atoms with E-state index in [0.717, 1.165) is 25.0 Å². The maximum absolute atomic E-state index is 4.73. The molecule has 0 saturated carbocycles. The van der Waals surface area contributed by atoms with E-state index in [1.54, 1.807) is 0 Å². The number of aromatic nitrogens is 1. The number of hydrogen-bond acceptors (Lipinski definition) is 1. The average Bonchev–Trinajstić information content (AvgIpc) is 2.59. The maximum Gasteiger partial charge on any atom is 0.0780 e. The number of nitrogens with zero attached hydrogens (tertiary/aromatic N) is 1. The van der Waals surface area contributed by atoms with Crippen LogP contribution in [0.25, 0.3) is 22.0 Å². The first-order valence-corrected chi connectivity index (χ1v) is 9.40. The smallest absolute Gasteiger partial charge is 0.0780 e. The van der Waals surface area contributed by atoms with Crippen molar-refractivity contribution in [3.8, 4) is 11.3 Å². The van der Waals surface area contributed by atoms with Crippen LogP contribution in [0.4, 0.5) is 0 Å². The minimum atomic E-state index is 0.301. The van der Waals surface area contributed by atoms with Crippen molar-refractivity contribution in [3.63, 3.8) is 0 Å². The highest BCUT2D eigenvalue weighted by Crippen LogP contribution is 2.30. The highest BCUT2D eigenvalue weighted by molar-refractivity contribution is 5.95. The highest BCUT2D eigenvalue weighted by atomic mass is 14.7. The van der Waals surface area contributed by atoms with E-state index in [9.17, 15) is 0 Å². The summed E-state index contributed by atoms with van der Waals surface area (Å²) in [5.74, 6) is 0. The molecule has 130 valence electrons. The molecule has 1 nitrogen and oxygen atoms in total. The van der Waals surface area contributed by atoms with E-state index in [-0.39, 0.29) is 0 Å². The second-order valence-corrected chi connectivity index (χ2v) is 8.20. The topological polar surface area (TPSA) is 12.9 Å². The number of rotatable bonds is 4. The monoisotopic (exact) mass is 331 g/mol. The molecule has 0 unspecified atom stereocenters. The molecular weight excluding hydrogens is 302 g/mol. The van der Waals surface area contributed by atoms with Crippen molar-refractivity contribution in [2.45, 2.75) is 53.9 Å². The van der Waals surface area contributed by atoms with E-state index in [1.165, 1.54) is 33.0 Å². The van der Waals surface area contributed by atoms with Crippen LogP contribution < -0.4 is 0 Å². The van der Waals surface area contributed by atoms with E-state index in [0.29, 0.717) is 5.41 Å². The van der Waals surface area contributed by atoms with Crippen LogP contribution in [0, 0.1) is 5.41 Å². The van der Waals surface area contributed by atoms with Gasteiger partial charge < -0.3 is 0 Å². The number of hydrogen-bond donors (Lipinski definition) is 0. The van der Waals surface area contributed by atoms with E-state index >= 15 is 0 Å². The Kier molecular flexibility index (Phi) is 4.94. The van der Waals surface area contributed by atoms with Crippen LogP contribution in [0.15, 0.2) is 48.7 Å². The molecule has 1 aromatic heterocycles. The zero-order valence-corrected chi connectivity index (χ0v) is 16.2. The van der Waals surface area contributed by atoms with Gasteiger partial charge in [-0.15, -0.1) is 0 Å². The third-order valence-electron chi connectivity index (χ3n) is 4.71. The van der Waals surface area contributed by atoms with E-state index in [2.05, 4.69) is 77.1 Å². The minimum Gasteiger partial charge on any atom is -0.256 e. The van der Waals surface area contributed by atoms with Gasteiger partial charge in [0.15, 0.2) is 0 Å². The fourth-order valence-corrected chi connectivity index (χ4v) is 3.49. The van der Waals surface area contributed by atoms with Gasteiger partial charge in [0.1, 0.15) is 0 Å². The molecule has 0 aliphatic rings. The lowest BCUT2D eigenvalue weighted by Gasteiger charge is -2.18. The van der Waals surface area contributed by atoms with Crippen molar-refractivity contribution in [3.05, 3.63) is 65.4 Å². The second kappa shape index (κ2) is 7.00. The predicted molar refractivity (Wildman–Crippen MR) is 109 cm³/mol. The first kappa shape index (κ1) is 17.7. The Bertz CT molecular complexity index is 862. The Balaban J connectivity index is 2.11. The fourth-order valence-electron chi connectivity index (χ4n) is 3.49. The molecule has 0 bridgehead atoms. The fraction of sp³-hybridized carbons (Fsp3) is 0.375. The first-order chi connectivity index (χ1) is 11.9. The first-order valence-electron chi connectivity index (χ1n) is 9.40. The molecule has 0 aliphatic carbocycles. The zero-order chi connectivity index (χ0) is 18.0. The molecule has 0 spiro atoms. The largest absolute Gasteiger partial charge is 0.256 e. The van der Waals surface area contributed by atoms with Crippen molar-refractivity contribution in [2.75, 3.05) is 0 Å². The molecule has 1 heterocycles. The quantitative estimate of drug-likeness (QED) is 0.524. The van der Waals surface area contributed by atoms with Crippen molar-refractivity contribution in [2.24, 2.45) is 5.41 Å². The normalized spacial score (nSPS) is 11.9. The summed E-state index contributed by atoms with van der Waals surface area (Å²) in [5.41, 5.74) is 6.81. The molecule has 1 heteroatoms. The standard InChI is InChI=1S/C24H29N/c1-6-17-12-18(7-2)14-21(13-17)23-22-9-8-19(16-24(3,4)5)15-20(22)10-11-25-23/h8-15H,6-7,16H2,1-5H3. The summed E-state index contributed by atoms with van der Waals surface area (Å²) >= 11 is 0. The van der Waals surface area contributed by atoms with Gasteiger partial charge in [0.05, 0.1) is 5.69 Å². The van der Waals surface area contributed by atoms with Gasteiger partial charge in [0.2, 0.25) is 0 Å². The molecular formula is C24H29N. The molecule has 0 saturated heterocycles. The predicted octanol–water partition coefficient (Wildman–Crippen LogP) is 6.62. The Morgan fingerprint density at radius 3 is 2.08 bits per heavy atom. The molecule has 0 aliphatic heterocycles. The number of aryl methyl sites for hydroxylation is 2. The summed E-state index contributed by atoms with van der Waals surface area (Å²) in [4.78, 5) is 4.73. The van der Waals surface area contributed by atoms with Crippen molar-refractivity contribution in [1.29, 1.82) is 0 Å². The SMILES string of the molecule is CCc1cc(CC)cc(-c2nccc3cc(CC(C)(C)C)ccc23)c1. The Morgan fingerprint density at radius 2 is 1.48 bits per heavy atom. The van der Waals surface area contributed by atoms with Gasteiger partial charge >= 0.3 is 0 Å². The van der Waals surface area contributed by atoms with Gasteiger partial charge in [0.25, 0.3) is 0 Å². The molecule has 0 N–H and O–H groups in total. The van der Waals surface area contributed by atoms with Gasteiger partial charge in [-0.1, -0.05) is 58.9 Å². The average molecular weight is 332 g/mol. The Hall–Kier alpha value is -2.15. The van der Waals surface area contributed by atoms with Gasteiger partial charge in [0, 0.05) is 17.1 Å². The summed E-state index contributed by atoms with van der Waals surface area (Å²) in [6, 6.07) is 15.9. The van der Waals surface area contributed by atoms with Crippen LogP contribution in [0.2, 0.25) is 0 Å². The van der Waals surface area contributed by atoms with E-state index in [4.69, 9.17) is 4.98 Å². The Morgan fingerprint density at radius 1 is 0.800 bits per heavy atom. The molecule has 2 aromatic carbocycles. The van der Waals surface area contributed by atoms with Gasteiger partial charge in [-0.2, -0.15) is 0 Å². The summed E-state index contributed by atoms with van der Waals surface area (Å²) in [7, 11) is 0. The summed E-state index contributed by atoms with van der Waals surface area (Å²) < 4.78 is 0. The van der Waals surface area contributed by atoms with Crippen LogP contribution >= 0.6 is 0 Å². The summed E-state index contributed by atoms with van der Waals surface area (Å²) in [6.45, 7) is 11.3. The van der Waals surface area contributed by atoms with Gasteiger partial charge in [-0.25, -0.2) is 0 Å². The molecule has 0 fully saturated rings. The lowest BCUT2D eigenvalue weighted by Crippen LogP contribution is -2.08. The molecule has 0 radical (unpaired) electrons. The van der Waals surface area contributed by atoms with Crippen molar-refractivity contribution < 1.29 is 0 Å². The number of pyridine rings is 1. The van der Waals surface area contributed by atoms with Crippen molar-refractivity contribution in [1.82, 2.24) is 4.98 Å². The molecule has 0 atom stereocenters. The lowest BCUT2D eigenvalue weighted by molar-refractivity contribution is 0.411. The summed E-state index contributed by atoms with van der Waals surface area (Å²) in [6.07, 6.45) is 5.15. The minimum absolute atomic E-state index is 0.301. The van der Waals surface area contributed by atoms with Gasteiger partial charge in [-0.05, 0) is 65.0 Å². The molecule has 25 heavy (non-hydrogen) atoms. The molecule has 3 aromatic rings. The lowest BCUT2D eigenvalue weighted by atomic mass is 9.87. The number of fused-ring (bicyclic) bond motifs is 1. The van der Waals surface area contributed by atoms with Crippen LogP contribution in [0.3, 0.4) is 0 Å². The van der Waals surface area contributed by atoms with Crippen LogP contribution in [0.1, 0.15) is 51.3 Å². The maximum atomic E-state index is 4.73. The second-order valence-electron chi connectivity index (χ2n) is 8.20. The van der Waals surface area contributed by atoms with Crippen LogP contribution in [-0.4, -0.2) is 4.98 Å². The van der Waals surface area contributed by atoms with Crippen molar-refractivity contribution >= 4 is 10.8 Å². The Labute approximate surface area is 152 Å². The van der Waals surface area contributed by atoms with E-state index < -0.39 is 0 Å². The van der Waals surface area contributed by atoms with E-state index in [1.807, 2.05) is 6.20 Å². The van der Waals surface area contributed by atoms with Crippen LogP contribution in [0.5, 0.6) is 0 Å². The van der Waals surface area contributed by atoms with Gasteiger partial charge in [-0.3, -0.25) is 4.98 Å². The number of benzene rings is 2. The zero-order valence-electron chi connectivity index (χ0n) is 16.2. The molecule has 3 rings (SSSR count). The third kappa shape index (κ3) is 4.10.